The second-order valence-corrected chi connectivity index (χ2v) is 7.22. The van der Waals surface area contributed by atoms with Crippen molar-refractivity contribution in [3.63, 3.8) is 0 Å². The summed E-state index contributed by atoms with van der Waals surface area (Å²) in [7, 11) is 3.50. The molecule has 3 heterocycles. The summed E-state index contributed by atoms with van der Waals surface area (Å²) in [6.07, 6.45) is 1.49. The van der Waals surface area contributed by atoms with E-state index in [1.807, 2.05) is 43.6 Å². The van der Waals surface area contributed by atoms with E-state index >= 15 is 0 Å². The Bertz CT molecular complexity index is 1040. The Morgan fingerprint density at radius 2 is 2.14 bits per heavy atom. The highest BCUT2D eigenvalue weighted by Crippen LogP contribution is 2.27. The number of carbonyl (C=O) groups excluding carboxylic acids is 1. The number of amides is 1. The van der Waals surface area contributed by atoms with E-state index in [-0.39, 0.29) is 5.91 Å². The number of aryl methyl sites for hydroxylation is 1. The lowest BCUT2D eigenvalue weighted by molar-refractivity contribution is -0.125. The Morgan fingerprint density at radius 1 is 1.36 bits per heavy atom. The zero-order chi connectivity index (χ0) is 19.7. The first-order valence-corrected chi connectivity index (χ1v) is 9.55. The summed E-state index contributed by atoms with van der Waals surface area (Å²) in [5.41, 5.74) is 4.38. The van der Waals surface area contributed by atoms with Gasteiger partial charge in [-0.15, -0.1) is 11.3 Å². The number of aromatic nitrogens is 3. The molecular weight excluding hydrogens is 378 g/mol. The molecule has 1 atom stereocenters. The molecule has 1 aromatic carbocycles. The molecule has 0 bridgehead atoms. The van der Waals surface area contributed by atoms with Crippen LogP contribution in [0.2, 0.25) is 0 Å². The first-order chi connectivity index (χ1) is 13.5. The van der Waals surface area contributed by atoms with Gasteiger partial charge in [-0.05, 0) is 36.8 Å². The molecule has 0 aliphatic carbocycles. The molecule has 28 heavy (non-hydrogen) atoms. The molecule has 9 heteroatoms. The van der Waals surface area contributed by atoms with Gasteiger partial charge in [0.1, 0.15) is 5.75 Å². The number of benzene rings is 1. The molecule has 4 rings (SSSR count). The number of rotatable bonds is 5. The van der Waals surface area contributed by atoms with Gasteiger partial charge < -0.3 is 9.57 Å². The molecule has 2 aromatic heterocycles. The minimum atomic E-state index is -0.676. The standard InChI is InChI=1S/C19H19N5O3S/c1-11-14(9-20-24(11)2)16-10-28-19(21-16)22-18(25)17-8-15(23-27-17)12-4-6-13(26-3)7-5-12/h4-7,9-10,17H,8H2,1-3H3,(H,21,22,25). The van der Waals surface area contributed by atoms with Crippen LogP contribution in [0.25, 0.3) is 11.3 Å². The highest BCUT2D eigenvalue weighted by atomic mass is 32.1. The topological polar surface area (TPSA) is 90.6 Å². The van der Waals surface area contributed by atoms with Crippen LogP contribution in [0.15, 0.2) is 41.0 Å². The number of anilines is 1. The Morgan fingerprint density at radius 3 is 2.82 bits per heavy atom. The monoisotopic (exact) mass is 397 g/mol. The quantitative estimate of drug-likeness (QED) is 0.715. The fraction of sp³-hybridized carbons (Fsp3) is 0.263. The number of oxime groups is 1. The van der Waals surface area contributed by atoms with Crippen LogP contribution in [0.5, 0.6) is 5.75 Å². The second-order valence-electron chi connectivity index (χ2n) is 6.36. The van der Waals surface area contributed by atoms with Gasteiger partial charge in [0, 0.05) is 30.1 Å². The maximum atomic E-state index is 12.5. The molecule has 0 spiro atoms. The summed E-state index contributed by atoms with van der Waals surface area (Å²) < 4.78 is 6.94. The van der Waals surface area contributed by atoms with E-state index in [0.29, 0.717) is 11.6 Å². The van der Waals surface area contributed by atoms with Gasteiger partial charge in [0.25, 0.3) is 5.91 Å². The minimum absolute atomic E-state index is 0.268. The predicted molar refractivity (Wildman–Crippen MR) is 107 cm³/mol. The normalized spacial score (nSPS) is 15.8. The minimum Gasteiger partial charge on any atom is -0.497 e. The van der Waals surface area contributed by atoms with Crippen molar-refractivity contribution in [2.45, 2.75) is 19.4 Å². The van der Waals surface area contributed by atoms with E-state index in [1.165, 1.54) is 11.3 Å². The van der Waals surface area contributed by atoms with Crippen LogP contribution in [-0.4, -0.2) is 39.6 Å². The van der Waals surface area contributed by atoms with E-state index in [9.17, 15) is 4.79 Å². The summed E-state index contributed by atoms with van der Waals surface area (Å²) in [6.45, 7) is 1.98. The van der Waals surface area contributed by atoms with Crippen molar-refractivity contribution in [3.8, 4) is 17.0 Å². The highest BCUT2D eigenvalue weighted by molar-refractivity contribution is 7.14. The largest absolute Gasteiger partial charge is 0.497 e. The van der Waals surface area contributed by atoms with Crippen LogP contribution in [0.3, 0.4) is 0 Å². The number of methoxy groups -OCH3 is 1. The van der Waals surface area contributed by atoms with Crippen molar-refractivity contribution in [1.82, 2.24) is 14.8 Å². The predicted octanol–water partition coefficient (Wildman–Crippen LogP) is 2.99. The molecule has 3 aromatic rings. The average Bonchev–Trinajstić information content (AvgIpc) is 3.44. The van der Waals surface area contributed by atoms with Crippen molar-refractivity contribution in [3.05, 3.63) is 47.1 Å². The number of hydrogen-bond donors (Lipinski definition) is 1. The molecule has 1 aliphatic rings. The first kappa shape index (κ1) is 18.2. The van der Waals surface area contributed by atoms with E-state index in [0.717, 1.165) is 34.0 Å². The third-order valence-electron chi connectivity index (χ3n) is 4.63. The summed E-state index contributed by atoms with van der Waals surface area (Å²) in [6, 6.07) is 7.49. The summed E-state index contributed by atoms with van der Waals surface area (Å²) in [4.78, 5) is 22.4. The van der Waals surface area contributed by atoms with Crippen molar-refractivity contribution in [2.75, 3.05) is 12.4 Å². The molecule has 144 valence electrons. The maximum Gasteiger partial charge on any atom is 0.270 e. The van der Waals surface area contributed by atoms with Crippen LogP contribution in [0.4, 0.5) is 5.13 Å². The zero-order valence-corrected chi connectivity index (χ0v) is 16.5. The zero-order valence-electron chi connectivity index (χ0n) is 15.7. The number of thiazole rings is 1. The molecule has 1 aliphatic heterocycles. The number of nitrogens with zero attached hydrogens (tertiary/aromatic N) is 4. The number of nitrogens with one attached hydrogen (secondary N) is 1. The van der Waals surface area contributed by atoms with Gasteiger partial charge in [0.2, 0.25) is 6.10 Å². The summed E-state index contributed by atoms with van der Waals surface area (Å²) in [5.74, 6) is 0.497. The molecule has 0 saturated carbocycles. The molecule has 0 radical (unpaired) electrons. The van der Waals surface area contributed by atoms with Crippen LogP contribution in [-0.2, 0) is 16.7 Å². The Balaban J connectivity index is 1.39. The molecule has 0 fully saturated rings. The lowest BCUT2D eigenvalue weighted by Crippen LogP contribution is -2.28. The number of carbonyl (C=O) groups is 1. The van der Waals surface area contributed by atoms with Crippen molar-refractivity contribution in [1.29, 1.82) is 0 Å². The van der Waals surface area contributed by atoms with Gasteiger partial charge in [-0.2, -0.15) is 5.10 Å². The van der Waals surface area contributed by atoms with Crippen LogP contribution < -0.4 is 10.1 Å². The molecule has 8 nitrogen and oxygen atoms in total. The highest BCUT2D eigenvalue weighted by Gasteiger charge is 2.29. The van der Waals surface area contributed by atoms with Crippen molar-refractivity contribution in [2.24, 2.45) is 12.2 Å². The number of hydrogen-bond acceptors (Lipinski definition) is 7. The van der Waals surface area contributed by atoms with E-state index in [2.05, 4.69) is 20.6 Å². The fourth-order valence-electron chi connectivity index (χ4n) is 2.86. The van der Waals surface area contributed by atoms with Gasteiger partial charge in [-0.25, -0.2) is 4.98 Å². The molecule has 0 saturated heterocycles. The third-order valence-corrected chi connectivity index (χ3v) is 5.39. The molecule has 1 unspecified atom stereocenters. The van der Waals surface area contributed by atoms with E-state index < -0.39 is 6.10 Å². The van der Waals surface area contributed by atoms with Crippen LogP contribution >= 0.6 is 11.3 Å². The second kappa shape index (κ2) is 7.43. The Kier molecular flexibility index (Phi) is 4.82. The Labute approximate surface area is 165 Å². The SMILES string of the molecule is COc1ccc(C2=NOC(C(=O)Nc3nc(-c4cnn(C)c4C)cs3)C2)cc1. The van der Waals surface area contributed by atoms with Crippen molar-refractivity contribution < 1.29 is 14.4 Å². The first-order valence-electron chi connectivity index (χ1n) is 8.67. The van der Waals surface area contributed by atoms with Gasteiger partial charge >= 0.3 is 0 Å². The lowest BCUT2D eigenvalue weighted by atomic mass is 10.0. The van der Waals surface area contributed by atoms with Crippen molar-refractivity contribution >= 4 is 28.1 Å². The third kappa shape index (κ3) is 3.48. The Hall–Kier alpha value is -3.20. The smallest absolute Gasteiger partial charge is 0.270 e. The fourth-order valence-corrected chi connectivity index (χ4v) is 3.58. The molecule has 1 amide bonds. The maximum absolute atomic E-state index is 12.5. The van der Waals surface area contributed by atoms with Gasteiger partial charge in [0.15, 0.2) is 5.13 Å². The lowest BCUT2D eigenvalue weighted by Gasteiger charge is -2.07. The summed E-state index contributed by atoms with van der Waals surface area (Å²) >= 11 is 1.36. The van der Waals surface area contributed by atoms with Gasteiger partial charge in [-0.1, -0.05) is 5.16 Å². The van der Waals surface area contributed by atoms with Crippen LogP contribution in [0.1, 0.15) is 17.7 Å². The molecular formula is C19H19N5O3S. The van der Waals surface area contributed by atoms with Crippen LogP contribution in [0, 0.1) is 6.92 Å². The van der Waals surface area contributed by atoms with Gasteiger partial charge in [0.05, 0.1) is 24.7 Å². The summed E-state index contributed by atoms with van der Waals surface area (Å²) in [5, 5.41) is 13.5. The van der Waals surface area contributed by atoms with E-state index in [1.54, 1.807) is 18.0 Å². The van der Waals surface area contributed by atoms with Gasteiger partial charge in [-0.3, -0.25) is 14.8 Å². The average molecular weight is 397 g/mol. The van der Waals surface area contributed by atoms with E-state index in [4.69, 9.17) is 9.57 Å². The number of ether oxygens (including phenoxy) is 1. The molecule has 1 N–H and O–H groups in total.